The first-order valence-electron chi connectivity index (χ1n) is 7.05. The Balaban J connectivity index is 2.34. The number of rotatable bonds is 8. The van der Waals surface area contributed by atoms with E-state index in [4.69, 9.17) is 19.3 Å². The number of aromatic nitrogens is 1. The van der Waals surface area contributed by atoms with E-state index in [9.17, 15) is 14.7 Å². The number of carbonyl (C=O) groups is 2. The van der Waals surface area contributed by atoms with Gasteiger partial charge in [0, 0.05) is 0 Å². The summed E-state index contributed by atoms with van der Waals surface area (Å²) in [5.41, 5.74) is 0.823. The molecule has 0 saturated carbocycles. The predicted octanol–water partition coefficient (Wildman–Crippen LogP) is 0.439. The van der Waals surface area contributed by atoms with E-state index in [0.29, 0.717) is 15.7 Å². The first-order chi connectivity index (χ1) is 12.0. The normalized spacial score (nSPS) is 10.9. The maximum absolute atomic E-state index is 12.6. The van der Waals surface area contributed by atoms with E-state index in [-0.39, 0.29) is 34.6 Å². The number of carbonyl (C=O) groups excluding carboxylic acids is 1. The second kappa shape index (κ2) is 8.58. The molecule has 25 heavy (non-hydrogen) atoms. The van der Waals surface area contributed by atoms with Crippen molar-refractivity contribution in [1.29, 1.82) is 5.26 Å². The minimum absolute atomic E-state index is 0.0405. The Kier molecular flexibility index (Phi) is 6.48. The first-order valence-corrected chi connectivity index (χ1v) is 9.15. The van der Waals surface area contributed by atoms with Crippen molar-refractivity contribution >= 4 is 30.6 Å². The summed E-state index contributed by atoms with van der Waals surface area (Å²) in [6, 6.07) is 6.15. The molecule has 0 spiro atoms. The van der Waals surface area contributed by atoms with Crippen molar-refractivity contribution < 1.29 is 28.7 Å². The molecule has 2 rings (SSSR count). The van der Waals surface area contributed by atoms with Gasteiger partial charge in [-0.25, -0.2) is 0 Å². The second-order valence-electron chi connectivity index (χ2n) is 4.93. The number of methoxy groups -OCH3 is 2. The van der Waals surface area contributed by atoms with Crippen LogP contribution < -0.4 is 4.35 Å². The van der Waals surface area contributed by atoms with Crippen molar-refractivity contribution in [2.45, 2.75) is 13.2 Å². The monoisotopic (exact) mass is 406 g/mol. The molecule has 0 fully saturated rings. The zero-order valence-electron chi connectivity index (χ0n) is 13.5. The van der Waals surface area contributed by atoms with Crippen molar-refractivity contribution in [2.24, 2.45) is 0 Å². The standard InChI is InChI=1S/C16H15AsN2O6/c1-23-7-11-13(8-24-2)25-19-14(11)15(20)17-12-4-3-9(6-18)5-10(12)16(21)22/h3-5,17H,7-8H2,1-2H3,(H,21,22). The second-order valence-corrected chi connectivity index (χ2v) is 7.54. The van der Waals surface area contributed by atoms with E-state index in [2.05, 4.69) is 5.16 Å². The third-order valence-electron chi connectivity index (χ3n) is 3.28. The fourth-order valence-corrected chi connectivity index (χ4v) is 4.32. The maximum atomic E-state index is 12.6. The van der Waals surface area contributed by atoms with Gasteiger partial charge >= 0.3 is 150 Å². The van der Waals surface area contributed by atoms with Crippen LogP contribution >= 0.6 is 0 Å². The minimum atomic E-state index is -1.52. The molecule has 9 heteroatoms. The Bertz CT molecular complexity index is 840. The third-order valence-corrected chi connectivity index (χ3v) is 5.73. The van der Waals surface area contributed by atoms with Gasteiger partial charge in [0.25, 0.3) is 0 Å². The quantitative estimate of drug-likeness (QED) is 0.627. The number of hydrogen-bond donors (Lipinski definition) is 1. The number of aromatic carboxylic acids is 1. The Morgan fingerprint density at radius 1 is 1.32 bits per heavy atom. The van der Waals surface area contributed by atoms with Gasteiger partial charge in [-0.1, -0.05) is 0 Å². The van der Waals surface area contributed by atoms with Crippen molar-refractivity contribution in [3.05, 3.63) is 46.3 Å². The number of benzene rings is 1. The molecular formula is C16H15AsN2O6. The molecule has 0 radical (unpaired) electrons. The summed E-state index contributed by atoms with van der Waals surface area (Å²) in [6.45, 7) is 0.283. The van der Waals surface area contributed by atoms with E-state index in [1.807, 2.05) is 6.07 Å². The van der Waals surface area contributed by atoms with Gasteiger partial charge in [0.15, 0.2) is 0 Å². The molecule has 1 aromatic heterocycles. The summed E-state index contributed by atoms with van der Waals surface area (Å²) in [4.78, 5) is 24.0. The topological polar surface area (TPSA) is 123 Å². The van der Waals surface area contributed by atoms with Crippen LogP contribution in [-0.2, 0) is 22.7 Å². The van der Waals surface area contributed by atoms with Crippen molar-refractivity contribution in [3.63, 3.8) is 0 Å². The molecule has 0 saturated heterocycles. The fraction of sp³-hybridized carbons (Fsp3) is 0.250. The van der Waals surface area contributed by atoms with Crippen LogP contribution in [0.1, 0.15) is 37.7 Å². The van der Waals surface area contributed by atoms with E-state index < -0.39 is 21.7 Å². The molecule has 2 aromatic rings. The Morgan fingerprint density at radius 3 is 2.64 bits per heavy atom. The van der Waals surface area contributed by atoms with Gasteiger partial charge in [-0.05, 0) is 0 Å². The van der Waals surface area contributed by atoms with Gasteiger partial charge in [0.2, 0.25) is 0 Å². The molecular weight excluding hydrogens is 391 g/mol. The van der Waals surface area contributed by atoms with Gasteiger partial charge in [0.1, 0.15) is 0 Å². The molecule has 0 aliphatic carbocycles. The van der Waals surface area contributed by atoms with E-state index in [0.717, 1.165) is 0 Å². The van der Waals surface area contributed by atoms with Gasteiger partial charge in [-0.15, -0.1) is 0 Å². The number of nitrogens with zero attached hydrogens (tertiary/aromatic N) is 2. The fourth-order valence-electron chi connectivity index (χ4n) is 2.14. The number of carboxylic acids is 1. The van der Waals surface area contributed by atoms with Gasteiger partial charge in [0.05, 0.1) is 0 Å². The summed E-state index contributed by atoms with van der Waals surface area (Å²) in [5.74, 6) is -0.779. The Hall–Kier alpha value is -2.46. The van der Waals surface area contributed by atoms with Gasteiger partial charge < -0.3 is 0 Å². The molecule has 8 nitrogen and oxygen atoms in total. The molecule has 1 aromatic carbocycles. The molecule has 1 heterocycles. The van der Waals surface area contributed by atoms with Gasteiger partial charge in [-0.3, -0.25) is 0 Å². The molecule has 0 aliphatic heterocycles. The molecule has 0 amide bonds. The summed E-state index contributed by atoms with van der Waals surface area (Å²) >= 11 is -1.52. The van der Waals surface area contributed by atoms with Crippen molar-refractivity contribution in [2.75, 3.05) is 14.2 Å². The summed E-state index contributed by atoms with van der Waals surface area (Å²) < 4.78 is 15.4. The van der Waals surface area contributed by atoms with Crippen molar-refractivity contribution in [1.82, 2.24) is 5.16 Å². The first kappa shape index (κ1) is 18.9. The van der Waals surface area contributed by atoms with Crippen molar-refractivity contribution in [3.8, 4) is 6.07 Å². The van der Waals surface area contributed by atoms with Crippen LogP contribution in [0.3, 0.4) is 0 Å². The number of carboxylic acid groups (broad SMARTS) is 1. The van der Waals surface area contributed by atoms with Crippen LogP contribution in [0.5, 0.6) is 0 Å². The molecule has 130 valence electrons. The molecule has 1 atom stereocenters. The summed E-state index contributed by atoms with van der Waals surface area (Å²) in [5, 5.41) is 22.0. The molecule has 0 aliphatic rings. The summed E-state index contributed by atoms with van der Waals surface area (Å²) in [7, 11) is 2.97. The molecule has 0 bridgehead atoms. The Labute approximate surface area is 150 Å². The van der Waals surface area contributed by atoms with Crippen LogP contribution in [0, 0.1) is 11.3 Å². The molecule has 1 N–H and O–H groups in total. The third kappa shape index (κ3) is 4.34. The average Bonchev–Trinajstić information content (AvgIpc) is 2.98. The van der Waals surface area contributed by atoms with Gasteiger partial charge in [-0.2, -0.15) is 0 Å². The van der Waals surface area contributed by atoms with Crippen LogP contribution in [0.25, 0.3) is 0 Å². The van der Waals surface area contributed by atoms with Crippen LogP contribution in [-0.4, -0.2) is 50.8 Å². The van der Waals surface area contributed by atoms with E-state index in [1.54, 1.807) is 0 Å². The number of nitriles is 1. The van der Waals surface area contributed by atoms with Crippen LogP contribution in [0.4, 0.5) is 0 Å². The Morgan fingerprint density at radius 2 is 2.04 bits per heavy atom. The number of hydrogen-bond acceptors (Lipinski definition) is 7. The zero-order chi connectivity index (χ0) is 18.4. The van der Waals surface area contributed by atoms with E-state index in [1.165, 1.54) is 32.4 Å². The van der Waals surface area contributed by atoms with Crippen LogP contribution in [0.2, 0.25) is 0 Å². The summed E-state index contributed by atoms with van der Waals surface area (Å²) in [6.07, 6.45) is 0. The number of ether oxygens (including phenoxy) is 2. The molecule has 1 unspecified atom stereocenters. The zero-order valence-corrected chi connectivity index (χ0v) is 15.6. The SMILES string of the molecule is COCc1onc(C(=O)[AsH]c2ccc(C#N)cc2C(=O)O)c1COC. The average molecular weight is 406 g/mol. The van der Waals surface area contributed by atoms with Crippen LogP contribution in [0.15, 0.2) is 22.7 Å². The predicted molar refractivity (Wildman–Crippen MR) is 87.2 cm³/mol. The van der Waals surface area contributed by atoms with E-state index >= 15 is 0 Å².